The van der Waals surface area contributed by atoms with E-state index in [0.29, 0.717) is 0 Å². The molecule has 0 unspecified atom stereocenters. The summed E-state index contributed by atoms with van der Waals surface area (Å²) in [6.07, 6.45) is 0. The summed E-state index contributed by atoms with van der Waals surface area (Å²) in [4.78, 5) is 0. The Labute approximate surface area is 148 Å². The van der Waals surface area contributed by atoms with Crippen LogP contribution in [0, 0.1) is 0 Å². The lowest BCUT2D eigenvalue weighted by Crippen LogP contribution is -1.95. The highest BCUT2D eigenvalue weighted by Crippen LogP contribution is 2.29. The maximum absolute atomic E-state index is 5.25. The Balaban J connectivity index is 1.74. The van der Waals surface area contributed by atoms with Gasteiger partial charge in [0.15, 0.2) is 11.0 Å². The summed E-state index contributed by atoms with van der Waals surface area (Å²) in [5.74, 6) is 2.54. The van der Waals surface area contributed by atoms with Crippen LogP contribution >= 0.6 is 27.7 Å². The minimum absolute atomic E-state index is 0.823. The molecule has 0 aliphatic heterocycles. The first-order valence-corrected chi connectivity index (χ1v) is 8.87. The van der Waals surface area contributed by atoms with Crippen molar-refractivity contribution < 1.29 is 4.74 Å². The highest BCUT2D eigenvalue weighted by molar-refractivity contribution is 9.10. The van der Waals surface area contributed by atoms with Gasteiger partial charge in [-0.25, -0.2) is 0 Å². The van der Waals surface area contributed by atoms with Gasteiger partial charge in [0, 0.05) is 18.4 Å². The molecule has 0 bridgehead atoms. The van der Waals surface area contributed by atoms with Gasteiger partial charge in [-0.15, -0.1) is 10.2 Å². The van der Waals surface area contributed by atoms with E-state index < -0.39 is 0 Å². The first-order valence-electron chi connectivity index (χ1n) is 7.09. The van der Waals surface area contributed by atoms with Gasteiger partial charge in [-0.3, -0.25) is 0 Å². The average molecular weight is 390 g/mol. The second-order valence-electron chi connectivity index (χ2n) is 4.99. The van der Waals surface area contributed by atoms with E-state index in [9.17, 15) is 0 Å². The zero-order valence-electron chi connectivity index (χ0n) is 12.9. The largest absolute Gasteiger partial charge is 0.496 e. The molecule has 1 aromatic heterocycles. The third-order valence-electron chi connectivity index (χ3n) is 3.45. The molecule has 1 heterocycles. The standard InChI is InChI=1S/C17H16BrN3OS/c1-21-16(13-6-4-3-5-7-13)19-20-17(21)23-11-12-8-9-15(22-2)14(18)10-12/h3-10H,11H2,1-2H3. The molecule has 0 spiro atoms. The van der Waals surface area contributed by atoms with Crippen LogP contribution in [0.15, 0.2) is 58.2 Å². The number of nitrogens with zero attached hydrogens (tertiary/aromatic N) is 3. The average Bonchev–Trinajstić information content (AvgIpc) is 2.94. The first-order chi connectivity index (χ1) is 11.2. The van der Waals surface area contributed by atoms with Crippen LogP contribution < -0.4 is 4.74 Å². The SMILES string of the molecule is COc1ccc(CSc2nnc(-c3ccccc3)n2C)cc1Br. The molecule has 118 valence electrons. The summed E-state index contributed by atoms with van der Waals surface area (Å²) in [6.45, 7) is 0. The van der Waals surface area contributed by atoms with Crippen molar-refractivity contribution in [1.29, 1.82) is 0 Å². The van der Waals surface area contributed by atoms with Crippen molar-refractivity contribution in [3.63, 3.8) is 0 Å². The number of halogens is 1. The predicted molar refractivity (Wildman–Crippen MR) is 96.7 cm³/mol. The van der Waals surface area contributed by atoms with Crippen molar-refractivity contribution in [2.45, 2.75) is 10.9 Å². The van der Waals surface area contributed by atoms with Crippen molar-refractivity contribution in [2.75, 3.05) is 7.11 Å². The quantitative estimate of drug-likeness (QED) is 0.600. The monoisotopic (exact) mass is 389 g/mol. The van der Waals surface area contributed by atoms with Crippen molar-refractivity contribution in [2.24, 2.45) is 7.05 Å². The fourth-order valence-corrected chi connectivity index (χ4v) is 3.67. The van der Waals surface area contributed by atoms with Gasteiger partial charge in [-0.1, -0.05) is 48.2 Å². The van der Waals surface area contributed by atoms with E-state index in [2.05, 4.69) is 38.3 Å². The Kier molecular flexibility index (Phi) is 5.03. The Morgan fingerprint density at radius 3 is 2.61 bits per heavy atom. The van der Waals surface area contributed by atoms with E-state index in [1.807, 2.05) is 48.0 Å². The van der Waals surface area contributed by atoms with Crippen LogP contribution in [0.2, 0.25) is 0 Å². The number of hydrogen-bond acceptors (Lipinski definition) is 4. The van der Waals surface area contributed by atoms with Crippen molar-refractivity contribution >= 4 is 27.7 Å². The van der Waals surface area contributed by atoms with Gasteiger partial charge >= 0.3 is 0 Å². The molecule has 3 rings (SSSR count). The highest BCUT2D eigenvalue weighted by atomic mass is 79.9. The molecule has 23 heavy (non-hydrogen) atoms. The third kappa shape index (κ3) is 3.59. The molecule has 0 N–H and O–H groups in total. The lowest BCUT2D eigenvalue weighted by atomic mass is 10.2. The summed E-state index contributed by atoms with van der Waals surface area (Å²) >= 11 is 5.18. The molecule has 0 fully saturated rings. The molecular formula is C17H16BrN3OS. The third-order valence-corrected chi connectivity index (χ3v) is 5.16. The fraction of sp³-hybridized carbons (Fsp3) is 0.176. The summed E-state index contributed by atoms with van der Waals surface area (Å²) in [7, 11) is 3.66. The number of aromatic nitrogens is 3. The smallest absolute Gasteiger partial charge is 0.191 e. The number of hydrogen-bond donors (Lipinski definition) is 0. The Hall–Kier alpha value is -1.79. The molecule has 0 radical (unpaired) electrons. The molecule has 4 nitrogen and oxygen atoms in total. The molecule has 0 aliphatic rings. The molecule has 0 amide bonds. The van der Waals surface area contributed by atoms with Crippen LogP contribution in [0.25, 0.3) is 11.4 Å². The van der Waals surface area contributed by atoms with E-state index in [1.165, 1.54) is 5.56 Å². The Morgan fingerprint density at radius 2 is 1.91 bits per heavy atom. The minimum Gasteiger partial charge on any atom is -0.496 e. The van der Waals surface area contributed by atoms with E-state index in [-0.39, 0.29) is 0 Å². The van der Waals surface area contributed by atoms with Gasteiger partial charge in [0.1, 0.15) is 5.75 Å². The van der Waals surface area contributed by atoms with Crippen LogP contribution in [0.4, 0.5) is 0 Å². The maximum Gasteiger partial charge on any atom is 0.191 e. The van der Waals surface area contributed by atoms with Crippen molar-refractivity contribution in [1.82, 2.24) is 14.8 Å². The summed E-state index contributed by atoms with van der Waals surface area (Å²) in [5.41, 5.74) is 2.27. The van der Waals surface area contributed by atoms with Crippen molar-refractivity contribution in [3.05, 3.63) is 58.6 Å². The van der Waals surface area contributed by atoms with Gasteiger partial charge in [0.25, 0.3) is 0 Å². The van der Waals surface area contributed by atoms with Gasteiger partial charge in [-0.05, 0) is 33.6 Å². The second kappa shape index (κ2) is 7.19. The van der Waals surface area contributed by atoms with Crippen LogP contribution in [-0.2, 0) is 12.8 Å². The van der Waals surface area contributed by atoms with Gasteiger partial charge in [-0.2, -0.15) is 0 Å². The second-order valence-corrected chi connectivity index (χ2v) is 6.79. The molecule has 0 saturated heterocycles. The van der Waals surface area contributed by atoms with Gasteiger partial charge < -0.3 is 9.30 Å². The Bertz CT molecular complexity index is 805. The maximum atomic E-state index is 5.25. The highest BCUT2D eigenvalue weighted by Gasteiger charge is 2.11. The molecule has 6 heteroatoms. The fourth-order valence-electron chi connectivity index (χ4n) is 2.23. The lowest BCUT2D eigenvalue weighted by molar-refractivity contribution is 0.412. The summed E-state index contributed by atoms with van der Waals surface area (Å²) < 4.78 is 8.24. The molecule has 2 aromatic carbocycles. The number of rotatable bonds is 5. The number of thioether (sulfide) groups is 1. The summed E-state index contributed by atoms with van der Waals surface area (Å²) in [5, 5.41) is 9.51. The minimum atomic E-state index is 0.823. The van der Waals surface area contributed by atoms with Crippen LogP contribution in [0.5, 0.6) is 5.75 Å². The predicted octanol–water partition coefficient (Wildman–Crippen LogP) is 4.55. The van der Waals surface area contributed by atoms with Crippen LogP contribution in [0.3, 0.4) is 0 Å². The van der Waals surface area contributed by atoms with E-state index in [4.69, 9.17) is 4.74 Å². The molecule has 3 aromatic rings. The molecule has 0 saturated carbocycles. The molecule has 0 atom stereocenters. The van der Waals surface area contributed by atoms with Crippen molar-refractivity contribution in [3.8, 4) is 17.1 Å². The molecule has 0 aliphatic carbocycles. The van der Waals surface area contributed by atoms with E-state index in [0.717, 1.165) is 32.5 Å². The summed E-state index contributed by atoms with van der Waals surface area (Å²) in [6, 6.07) is 16.2. The van der Waals surface area contributed by atoms with Crippen LogP contribution in [0.1, 0.15) is 5.56 Å². The zero-order chi connectivity index (χ0) is 16.2. The van der Waals surface area contributed by atoms with Gasteiger partial charge in [0.2, 0.25) is 0 Å². The van der Waals surface area contributed by atoms with E-state index >= 15 is 0 Å². The van der Waals surface area contributed by atoms with Gasteiger partial charge in [0.05, 0.1) is 11.6 Å². The number of benzene rings is 2. The van der Waals surface area contributed by atoms with E-state index in [1.54, 1.807) is 18.9 Å². The zero-order valence-corrected chi connectivity index (χ0v) is 15.3. The Morgan fingerprint density at radius 1 is 1.13 bits per heavy atom. The topological polar surface area (TPSA) is 39.9 Å². The first kappa shape index (κ1) is 16.1. The van der Waals surface area contributed by atoms with Crippen LogP contribution in [-0.4, -0.2) is 21.9 Å². The number of methoxy groups -OCH3 is 1. The molecular weight excluding hydrogens is 374 g/mol. The number of ether oxygens (including phenoxy) is 1. The lowest BCUT2D eigenvalue weighted by Gasteiger charge is -2.06. The normalized spacial score (nSPS) is 10.7.